The van der Waals surface area contributed by atoms with Crippen molar-refractivity contribution < 1.29 is 18.1 Å². The summed E-state index contributed by atoms with van der Waals surface area (Å²) in [4.78, 5) is 23.0. The Morgan fingerprint density at radius 3 is 2.37 bits per heavy atom. The van der Waals surface area contributed by atoms with Crippen LogP contribution in [0.15, 0.2) is 58.3 Å². The van der Waals surface area contributed by atoms with E-state index in [9.17, 15) is 23.3 Å². The Labute approximate surface area is 161 Å². The molecule has 1 amide bonds. The van der Waals surface area contributed by atoms with Gasteiger partial charge in [0.05, 0.1) is 20.5 Å². The van der Waals surface area contributed by atoms with E-state index >= 15 is 0 Å². The first-order valence-corrected chi connectivity index (χ1v) is 10.4. The fourth-order valence-electron chi connectivity index (χ4n) is 2.17. The molecule has 2 aromatic carbocycles. The minimum absolute atomic E-state index is 0.0141. The van der Waals surface area contributed by atoms with Crippen molar-refractivity contribution in [2.75, 3.05) is 11.1 Å². The lowest BCUT2D eigenvalue weighted by atomic mass is 10.3. The molecule has 27 heavy (non-hydrogen) atoms. The van der Waals surface area contributed by atoms with Crippen LogP contribution in [0.4, 0.5) is 11.4 Å². The highest BCUT2D eigenvalue weighted by molar-refractivity contribution is 8.00. The predicted molar refractivity (Wildman–Crippen MR) is 104 cm³/mol. The third-order valence-electron chi connectivity index (χ3n) is 3.26. The molecule has 0 aliphatic carbocycles. The number of nitrogens with zero attached hydrogens (tertiary/aromatic N) is 1. The molecule has 0 radical (unpaired) electrons. The SMILES string of the molecule is CC(C)NS(=O)(=O)c1ccc(NC(=O)CSc2ccccc2[N+](=O)[O-])cc1. The van der Waals surface area contributed by atoms with Crippen molar-refractivity contribution in [2.24, 2.45) is 0 Å². The third kappa shape index (κ3) is 6.05. The summed E-state index contributed by atoms with van der Waals surface area (Å²) >= 11 is 1.06. The van der Waals surface area contributed by atoms with Gasteiger partial charge in [-0.15, -0.1) is 11.8 Å². The third-order valence-corrected chi connectivity index (χ3v) is 6.00. The molecule has 2 rings (SSSR count). The summed E-state index contributed by atoms with van der Waals surface area (Å²) in [6.07, 6.45) is 0. The summed E-state index contributed by atoms with van der Waals surface area (Å²) in [6.45, 7) is 3.45. The van der Waals surface area contributed by atoms with Crippen LogP contribution in [0.5, 0.6) is 0 Å². The predicted octanol–water partition coefficient (Wildman–Crippen LogP) is 3.01. The molecule has 0 aliphatic rings. The van der Waals surface area contributed by atoms with Crippen molar-refractivity contribution in [3.8, 4) is 0 Å². The Hall–Kier alpha value is -2.43. The fourth-order valence-corrected chi connectivity index (χ4v) is 4.24. The number of rotatable bonds is 8. The van der Waals surface area contributed by atoms with Crippen LogP contribution < -0.4 is 10.0 Å². The zero-order valence-electron chi connectivity index (χ0n) is 14.7. The Morgan fingerprint density at radius 2 is 1.78 bits per heavy atom. The van der Waals surface area contributed by atoms with Gasteiger partial charge in [-0.25, -0.2) is 13.1 Å². The zero-order chi connectivity index (χ0) is 20.0. The zero-order valence-corrected chi connectivity index (χ0v) is 16.3. The number of carbonyl (C=O) groups excluding carboxylic acids is 1. The van der Waals surface area contributed by atoms with Crippen molar-refractivity contribution in [1.82, 2.24) is 4.72 Å². The van der Waals surface area contributed by atoms with Gasteiger partial charge >= 0.3 is 0 Å². The molecule has 0 atom stereocenters. The molecule has 0 saturated carbocycles. The first kappa shape index (κ1) is 20.9. The smallest absolute Gasteiger partial charge is 0.282 e. The molecule has 8 nitrogen and oxygen atoms in total. The number of nitro benzene ring substituents is 1. The molecule has 0 unspecified atom stereocenters. The second-order valence-corrected chi connectivity index (χ2v) is 8.59. The highest BCUT2D eigenvalue weighted by Gasteiger charge is 2.16. The van der Waals surface area contributed by atoms with Crippen LogP contribution in [-0.2, 0) is 14.8 Å². The first-order valence-electron chi connectivity index (χ1n) is 7.97. The number of anilines is 1. The maximum atomic E-state index is 12.1. The minimum atomic E-state index is -3.59. The van der Waals surface area contributed by atoms with Gasteiger partial charge in [-0.1, -0.05) is 12.1 Å². The van der Waals surface area contributed by atoms with Crippen molar-refractivity contribution in [1.29, 1.82) is 0 Å². The van der Waals surface area contributed by atoms with E-state index in [-0.39, 0.29) is 28.3 Å². The van der Waals surface area contributed by atoms with E-state index in [2.05, 4.69) is 10.0 Å². The molecular weight excluding hydrogens is 390 g/mol. The van der Waals surface area contributed by atoms with Gasteiger partial charge in [0, 0.05) is 17.8 Å². The second kappa shape index (κ2) is 8.98. The number of nitrogens with one attached hydrogen (secondary N) is 2. The Bertz CT molecular complexity index is 928. The van der Waals surface area contributed by atoms with Gasteiger partial charge in [-0.05, 0) is 44.2 Å². The number of para-hydroxylation sites is 1. The van der Waals surface area contributed by atoms with Crippen LogP contribution in [0.3, 0.4) is 0 Å². The Kier molecular flexibility index (Phi) is 6.94. The summed E-state index contributed by atoms with van der Waals surface area (Å²) < 4.78 is 26.6. The number of sulfonamides is 1. The summed E-state index contributed by atoms with van der Waals surface area (Å²) in [5.41, 5.74) is 0.383. The van der Waals surface area contributed by atoms with Gasteiger partial charge in [0.1, 0.15) is 0 Å². The van der Waals surface area contributed by atoms with Gasteiger partial charge in [0.25, 0.3) is 5.69 Å². The molecule has 0 bridgehead atoms. The van der Waals surface area contributed by atoms with Crippen molar-refractivity contribution in [2.45, 2.75) is 29.7 Å². The number of nitro groups is 1. The van der Waals surface area contributed by atoms with Gasteiger partial charge < -0.3 is 5.32 Å². The number of hydrogen-bond donors (Lipinski definition) is 2. The largest absolute Gasteiger partial charge is 0.325 e. The van der Waals surface area contributed by atoms with Crippen LogP contribution >= 0.6 is 11.8 Å². The molecule has 0 aromatic heterocycles. The number of amides is 1. The van der Waals surface area contributed by atoms with E-state index < -0.39 is 14.9 Å². The van der Waals surface area contributed by atoms with Crippen LogP contribution in [0.2, 0.25) is 0 Å². The molecule has 0 saturated heterocycles. The van der Waals surface area contributed by atoms with Crippen molar-refractivity contribution >= 4 is 39.1 Å². The second-order valence-electron chi connectivity index (χ2n) is 5.86. The van der Waals surface area contributed by atoms with E-state index in [0.29, 0.717) is 10.6 Å². The quantitative estimate of drug-likeness (QED) is 0.393. The van der Waals surface area contributed by atoms with Gasteiger partial charge in [-0.2, -0.15) is 0 Å². The Morgan fingerprint density at radius 1 is 1.15 bits per heavy atom. The number of benzene rings is 2. The van der Waals surface area contributed by atoms with Crippen LogP contribution in [0, 0.1) is 10.1 Å². The summed E-state index contributed by atoms with van der Waals surface area (Å²) in [6, 6.07) is 11.7. The van der Waals surface area contributed by atoms with Crippen molar-refractivity contribution in [3.63, 3.8) is 0 Å². The lowest BCUT2D eigenvalue weighted by molar-refractivity contribution is -0.387. The summed E-state index contributed by atoms with van der Waals surface area (Å²) in [5.74, 6) is -0.367. The highest BCUT2D eigenvalue weighted by atomic mass is 32.2. The maximum Gasteiger partial charge on any atom is 0.282 e. The molecule has 144 valence electrons. The van der Waals surface area contributed by atoms with Crippen LogP contribution in [0.1, 0.15) is 13.8 Å². The summed E-state index contributed by atoms with van der Waals surface area (Å²) in [7, 11) is -3.59. The average Bonchev–Trinajstić information content (AvgIpc) is 2.59. The van der Waals surface area contributed by atoms with E-state index in [1.54, 1.807) is 32.0 Å². The van der Waals surface area contributed by atoms with Crippen LogP contribution in [0.25, 0.3) is 0 Å². The van der Waals surface area contributed by atoms with Gasteiger partial charge in [0.15, 0.2) is 0 Å². The monoisotopic (exact) mass is 409 g/mol. The molecule has 10 heteroatoms. The highest BCUT2D eigenvalue weighted by Crippen LogP contribution is 2.28. The molecule has 2 N–H and O–H groups in total. The molecule has 2 aromatic rings. The number of thioether (sulfide) groups is 1. The lowest BCUT2D eigenvalue weighted by Crippen LogP contribution is -2.30. The standard InChI is InChI=1S/C17H19N3O5S2/c1-12(2)19-27(24,25)14-9-7-13(8-10-14)18-17(21)11-26-16-6-4-3-5-15(16)20(22)23/h3-10,12,19H,11H2,1-2H3,(H,18,21). The normalized spacial score (nSPS) is 11.4. The molecule has 0 fully saturated rings. The number of hydrogen-bond acceptors (Lipinski definition) is 6. The molecule has 0 aliphatic heterocycles. The molecule has 0 spiro atoms. The first-order chi connectivity index (χ1) is 12.7. The average molecular weight is 409 g/mol. The summed E-state index contributed by atoms with van der Waals surface area (Å²) in [5, 5.41) is 13.6. The van der Waals surface area contributed by atoms with Gasteiger partial charge in [0.2, 0.25) is 15.9 Å². The van der Waals surface area contributed by atoms with E-state index in [4.69, 9.17) is 0 Å². The van der Waals surface area contributed by atoms with Crippen LogP contribution in [-0.4, -0.2) is 31.0 Å². The van der Waals surface area contributed by atoms with E-state index in [1.807, 2.05) is 0 Å². The topological polar surface area (TPSA) is 118 Å². The molecular formula is C17H19N3O5S2. The van der Waals surface area contributed by atoms with Gasteiger partial charge in [-0.3, -0.25) is 14.9 Å². The fraction of sp³-hybridized carbons (Fsp3) is 0.235. The van der Waals surface area contributed by atoms with E-state index in [0.717, 1.165) is 11.8 Å². The van der Waals surface area contributed by atoms with Crippen molar-refractivity contribution in [3.05, 3.63) is 58.6 Å². The lowest BCUT2D eigenvalue weighted by Gasteiger charge is -2.10. The number of carbonyl (C=O) groups is 1. The Balaban J connectivity index is 1.98. The minimum Gasteiger partial charge on any atom is -0.325 e. The van der Waals surface area contributed by atoms with E-state index in [1.165, 1.54) is 30.3 Å². The maximum absolute atomic E-state index is 12.1. The molecule has 0 heterocycles.